The number of carbonyl (C=O) groups is 3. The third kappa shape index (κ3) is 13.3. The Morgan fingerprint density at radius 3 is 2.00 bits per heavy atom. The predicted octanol–water partition coefficient (Wildman–Crippen LogP) is 4.95. The van der Waals surface area contributed by atoms with Crippen LogP contribution >= 0.6 is 0 Å². The van der Waals surface area contributed by atoms with Crippen LogP contribution in [0.3, 0.4) is 0 Å². The Morgan fingerprint density at radius 1 is 1.04 bits per heavy atom. The molecule has 156 valence electrons. The van der Waals surface area contributed by atoms with Gasteiger partial charge in [0, 0.05) is 17.7 Å². The van der Waals surface area contributed by atoms with Gasteiger partial charge in [-0.15, -0.1) is 0 Å². The maximum Gasteiger partial charge on any atom is 0.305 e. The lowest BCUT2D eigenvalue weighted by Crippen LogP contribution is -2.26. The average molecular weight is 390 g/mol. The van der Waals surface area contributed by atoms with Crippen LogP contribution in [0.15, 0.2) is 71.9 Å². The molecule has 0 radical (unpaired) electrons. The predicted molar refractivity (Wildman–Crippen MR) is 118 cm³/mol. The zero-order chi connectivity index (χ0) is 22.5. The van der Waals surface area contributed by atoms with E-state index in [1.807, 2.05) is 27.7 Å². The Balaban J connectivity index is -0.00000146. The molecule has 2 N–H and O–H groups in total. The number of carboxylic acids is 1. The van der Waals surface area contributed by atoms with Gasteiger partial charge in [-0.1, -0.05) is 71.2 Å². The largest absolute Gasteiger partial charge is 0.481 e. The van der Waals surface area contributed by atoms with Gasteiger partial charge in [0.1, 0.15) is 0 Å². The number of amides is 1. The molecule has 0 fully saturated rings. The van der Waals surface area contributed by atoms with Gasteiger partial charge in [-0.05, 0) is 31.1 Å². The van der Waals surface area contributed by atoms with Gasteiger partial charge in [-0.25, -0.2) is 0 Å². The minimum absolute atomic E-state index is 0.0381. The fourth-order valence-corrected chi connectivity index (χ4v) is 1.80. The van der Waals surface area contributed by atoms with E-state index in [1.54, 1.807) is 44.2 Å². The van der Waals surface area contributed by atoms with E-state index in [2.05, 4.69) is 18.5 Å². The molecule has 0 aromatic heterocycles. The van der Waals surface area contributed by atoms with E-state index in [0.29, 0.717) is 16.7 Å². The first-order chi connectivity index (χ1) is 13.4. The van der Waals surface area contributed by atoms with E-state index in [-0.39, 0.29) is 13.0 Å². The summed E-state index contributed by atoms with van der Waals surface area (Å²) in [5.41, 5.74) is 2.19. The zero-order valence-electron chi connectivity index (χ0n) is 18.0. The molecule has 0 saturated carbocycles. The number of aliphatic carboxylic acids is 1. The topological polar surface area (TPSA) is 83.5 Å². The minimum atomic E-state index is -0.985. The normalized spacial score (nSPS) is 11.8. The summed E-state index contributed by atoms with van der Waals surface area (Å²) >= 11 is 0. The number of allylic oxidation sites excluding steroid dienone is 8. The lowest BCUT2D eigenvalue weighted by Gasteiger charge is -2.06. The number of carboxylic acid groups (broad SMARTS) is 1. The van der Waals surface area contributed by atoms with Crippen molar-refractivity contribution in [2.75, 3.05) is 6.54 Å². The highest BCUT2D eigenvalue weighted by Crippen LogP contribution is 2.16. The Hall–Kier alpha value is -2.95. The summed E-state index contributed by atoms with van der Waals surface area (Å²) in [6, 6.07) is 0. The van der Waals surface area contributed by atoms with Crippen LogP contribution in [-0.2, 0) is 14.4 Å². The average Bonchev–Trinajstić information content (AvgIpc) is 2.71. The van der Waals surface area contributed by atoms with Crippen molar-refractivity contribution in [3.8, 4) is 0 Å². The molecule has 0 bridgehead atoms. The standard InChI is InChI=1S/C19H23NO4.2C2H6/c1-5-8-16(13-21)17(7-3)14(4)9-10-15(6-2)19(24)20-12-11-18(22)23;2*1-2/h5-10,13H,2-3,11-12H2,1,4H3,(H,20,24)(H,22,23);2*1-2H3/b8-5-,14-9+,15-10+,17-16-;;. The molecule has 5 heteroatoms. The van der Waals surface area contributed by atoms with Crippen LogP contribution in [0.5, 0.6) is 0 Å². The molecule has 0 aliphatic carbocycles. The summed E-state index contributed by atoms with van der Waals surface area (Å²) in [4.78, 5) is 33.5. The number of rotatable bonds is 10. The molecule has 0 aromatic carbocycles. The Kier molecular flexibility index (Phi) is 21.7. The molecule has 0 aromatic rings. The molecule has 1 amide bonds. The van der Waals surface area contributed by atoms with Crippen LogP contribution in [0, 0.1) is 0 Å². The molecule has 0 unspecified atom stereocenters. The fraction of sp³-hybridized carbons (Fsp3) is 0.348. The molecule has 28 heavy (non-hydrogen) atoms. The van der Waals surface area contributed by atoms with Crippen molar-refractivity contribution in [1.82, 2.24) is 5.32 Å². The van der Waals surface area contributed by atoms with Gasteiger partial charge in [0.05, 0.1) is 6.42 Å². The molecule has 5 nitrogen and oxygen atoms in total. The molecule has 0 spiro atoms. The summed E-state index contributed by atoms with van der Waals surface area (Å²) in [7, 11) is 0. The van der Waals surface area contributed by atoms with E-state index in [4.69, 9.17) is 5.11 Å². The molecule has 0 rings (SSSR count). The van der Waals surface area contributed by atoms with Gasteiger partial charge in [-0.3, -0.25) is 14.4 Å². The van der Waals surface area contributed by atoms with Crippen LogP contribution in [0.2, 0.25) is 0 Å². The second-order valence-electron chi connectivity index (χ2n) is 4.77. The van der Waals surface area contributed by atoms with Gasteiger partial charge in [0.2, 0.25) is 0 Å². The molecular formula is C23H35NO4. The molecule has 0 heterocycles. The first-order valence-corrected chi connectivity index (χ1v) is 9.37. The van der Waals surface area contributed by atoms with Crippen LogP contribution < -0.4 is 5.32 Å². The quantitative estimate of drug-likeness (QED) is 0.315. The lowest BCUT2D eigenvalue weighted by atomic mass is 10.0. The number of hydrogen-bond donors (Lipinski definition) is 2. The van der Waals surface area contributed by atoms with Crippen molar-refractivity contribution in [3.63, 3.8) is 0 Å². The Bertz CT molecular complexity index is 635. The summed E-state index contributed by atoms with van der Waals surface area (Å²) < 4.78 is 0. The Morgan fingerprint density at radius 2 is 1.61 bits per heavy atom. The molecule has 0 aliphatic heterocycles. The summed E-state index contributed by atoms with van der Waals surface area (Å²) in [6.45, 7) is 18.9. The SMILES string of the molecule is C=CC(=C(C=O)\C=C/C)/C(C)=C/C=C(\C=C)C(=O)NCCC(=O)O.CC.CC. The maximum absolute atomic E-state index is 11.9. The van der Waals surface area contributed by atoms with Crippen LogP contribution in [-0.4, -0.2) is 29.8 Å². The first-order valence-electron chi connectivity index (χ1n) is 9.37. The second-order valence-corrected chi connectivity index (χ2v) is 4.77. The van der Waals surface area contributed by atoms with E-state index < -0.39 is 11.9 Å². The summed E-state index contributed by atoms with van der Waals surface area (Å²) in [5, 5.41) is 11.1. The van der Waals surface area contributed by atoms with Gasteiger partial charge >= 0.3 is 5.97 Å². The fourth-order valence-electron chi connectivity index (χ4n) is 1.80. The highest BCUT2D eigenvalue weighted by atomic mass is 16.4. The van der Waals surface area contributed by atoms with Crippen molar-refractivity contribution >= 4 is 18.2 Å². The number of hydrogen-bond acceptors (Lipinski definition) is 3. The van der Waals surface area contributed by atoms with Crippen LogP contribution in [0.4, 0.5) is 0 Å². The molecule has 0 atom stereocenters. The maximum atomic E-state index is 11.9. The molecular weight excluding hydrogens is 354 g/mol. The highest BCUT2D eigenvalue weighted by molar-refractivity contribution is 5.96. The third-order valence-electron chi connectivity index (χ3n) is 3.03. The van der Waals surface area contributed by atoms with Gasteiger partial charge < -0.3 is 10.4 Å². The second kappa shape index (κ2) is 20.4. The van der Waals surface area contributed by atoms with E-state index in [1.165, 1.54) is 6.08 Å². The monoisotopic (exact) mass is 389 g/mol. The van der Waals surface area contributed by atoms with Gasteiger partial charge in [-0.2, -0.15) is 0 Å². The first kappa shape index (κ1) is 29.8. The van der Waals surface area contributed by atoms with Gasteiger partial charge in [0.15, 0.2) is 6.29 Å². The summed E-state index contributed by atoms with van der Waals surface area (Å²) in [5.74, 6) is -1.40. The van der Waals surface area contributed by atoms with Crippen molar-refractivity contribution in [3.05, 3.63) is 71.9 Å². The number of carbonyl (C=O) groups excluding carboxylic acids is 2. The van der Waals surface area contributed by atoms with Crippen molar-refractivity contribution < 1.29 is 19.5 Å². The molecule has 0 aliphatic rings. The number of nitrogens with one attached hydrogen (secondary N) is 1. The molecule has 0 saturated heterocycles. The summed E-state index contributed by atoms with van der Waals surface area (Å²) in [6.07, 6.45) is 10.2. The Labute approximate surface area is 169 Å². The number of aldehydes is 1. The van der Waals surface area contributed by atoms with Crippen molar-refractivity contribution in [2.24, 2.45) is 0 Å². The van der Waals surface area contributed by atoms with E-state index >= 15 is 0 Å². The van der Waals surface area contributed by atoms with Gasteiger partial charge in [0.25, 0.3) is 5.91 Å². The van der Waals surface area contributed by atoms with Crippen molar-refractivity contribution in [1.29, 1.82) is 0 Å². The smallest absolute Gasteiger partial charge is 0.305 e. The van der Waals surface area contributed by atoms with E-state index in [0.717, 1.165) is 11.9 Å². The van der Waals surface area contributed by atoms with Crippen LogP contribution in [0.25, 0.3) is 0 Å². The lowest BCUT2D eigenvalue weighted by molar-refractivity contribution is -0.136. The van der Waals surface area contributed by atoms with E-state index in [9.17, 15) is 14.4 Å². The zero-order valence-corrected chi connectivity index (χ0v) is 18.0. The third-order valence-corrected chi connectivity index (χ3v) is 3.03. The van der Waals surface area contributed by atoms with Crippen LogP contribution in [0.1, 0.15) is 48.0 Å². The minimum Gasteiger partial charge on any atom is -0.481 e. The van der Waals surface area contributed by atoms with Crippen molar-refractivity contribution in [2.45, 2.75) is 48.0 Å². The highest BCUT2D eigenvalue weighted by Gasteiger charge is 2.06.